The number of aromatic nitrogens is 6. The molecule has 8 rings (SSSR count). The fraction of sp³-hybridized carbons (Fsp3) is 0.0588. The molecule has 4 heterocycles. The smallest absolute Gasteiger partial charge is 0.226 e. The highest BCUT2D eigenvalue weighted by Crippen LogP contribution is 2.25. The predicted octanol–water partition coefficient (Wildman–Crippen LogP) is 7.61. The van der Waals surface area contributed by atoms with Crippen molar-refractivity contribution in [2.45, 2.75) is 12.5 Å². The van der Waals surface area contributed by atoms with Gasteiger partial charge in [-0.2, -0.15) is 0 Å². The quantitative estimate of drug-likeness (QED) is 0.105. The third kappa shape index (κ3) is 7.54. The van der Waals surface area contributed by atoms with Gasteiger partial charge < -0.3 is 18.5 Å². The van der Waals surface area contributed by atoms with Crippen molar-refractivity contribution in [2.24, 2.45) is 0 Å². The lowest BCUT2D eigenvalue weighted by atomic mass is 10.2. The van der Waals surface area contributed by atoms with Gasteiger partial charge in [-0.25, -0.2) is 19.9 Å². The standard InChI is InChI=1S/C17H12ClN3O.C17H13N3O2.ClHO2S/c18-9-13-10-22-17(20-13)12-5-7-14(8-6-12)21-11-19-15-3-1-2-4-16(15)21;21-9-13-10-22-17(19-13)12-5-7-14(8-6-12)20-11-18-15-3-1-2-4-16(15)20;1-4(2)3/h1-8,10-11H,9H2;1-8,10-11,21H,9H2;(H,2,3)/p-1. The second kappa shape index (κ2) is 15.2. The summed E-state index contributed by atoms with van der Waals surface area (Å²) in [5.41, 5.74) is 9.20. The largest absolute Gasteiger partial charge is 0.760 e. The van der Waals surface area contributed by atoms with Gasteiger partial charge in [-0.1, -0.05) is 24.3 Å². The van der Waals surface area contributed by atoms with Gasteiger partial charge in [0.25, 0.3) is 0 Å². The van der Waals surface area contributed by atoms with Gasteiger partial charge in [-0.05, 0) is 83.5 Å². The van der Waals surface area contributed by atoms with E-state index in [2.05, 4.69) is 41.3 Å². The fourth-order valence-corrected chi connectivity index (χ4v) is 4.99. The molecule has 14 heteroatoms. The number of aliphatic hydroxyl groups is 1. The Morgan fingerprint density at radius 3 is 1.50 bits per heavy atom. The van der Waals surface area contributed by atoms with Crippen LogP contribution in [0.4, 0.5) is 0 Å². The van der Waals surface area contributed by atoms with Crippen molar-refractivity contribution in [3.63, 3.8) is 0 Å². The molecule has 11 nitrogen and oxygen atoms in total. The summed E-state index contributed by atoms with van der Waals surface area (Å²) < 4.78 is 32.4. The van der Waals surface area contributed by atoms with Gasteiger partial charge in [-0.15, -0.1) is 11.6 Å². The number of para-hydroxylation sites is 4. The second-order valence-electron chi connectivity index (χ2n) is 10.1. The van der Waals surface area contributed by atoms with Gasteiger partial charge in [-0.3, -0.25) is 13.3 Å². The zero-order chi connectivity index (χ0) is 33.5. The van der Waals surface area contributed by atoms with Crippen LogP contribution in [0.1, 0.15) is 11.4 Å². The molecule has 0 fully saturated rings. The molecule has 0 saturated carbocycles. The van der Waals surface area contributed by atoms with E-state index in [-0.39, 0.29) is 6.61 Å². The van der Waals surface area contributed by atoms with Crippen LogP contribution >= 0.6 is 22.3 Å². The molecule has 4 aromatic carbocycles. The van der Waals surface area contributed by atoms with E-state index < -0.39 is 10.3 Å². The highest BCUT2D eigenvalue weighted by Gasteiger charge is 2.09. The topological polar surface area (TPSA) is 148 Å². The predicted molar refractivity (Wildman–Crippen MR) is 183 cm³/mol. The van der Waals surface area contributed by atoms with Gasteiger partial charge in [0.15, 0.2) is 0 Å². The van der Waals surface area contributed by atoms with Crippen molar-refractivity contribution in [2.75, 3.05) is 0 Å². The Kier molecular flexibility index (Phi) is 10.4. The molecule has 1 atom stereocenters. The molecular weight excluding hydrogens is 675 g/mol. The molecule has 1 N–H and O–H groups in total. The van der Waals surface area contributed by atoms with Gasteiger partial charge in [0.05, 0.1) is 40.2 Å². The molecule has 4 aromatic heterocycles. The SMILES string of the molecule is ClCc1coc(-c2ccc(-n3cnc4ccccc43)cc2)n1.O=S([O-])Cl.OCc1coc(-c2ccc(-n3cnc4ccccc43)cc2)n1. The molecule has 0 radical (unpaired) electrons. The Morgan fingerprint density at radius 1 is 0.688 bits per heavy atom. The molecule has 8 aromatic rings. The lowest BCUT2D eigenvalue weighted by Gasteiger charge is -2.04. The molecular formula is C34H25Cl2N6O5S-. The van der Waals surface area contributed by atoms with Crippen LogP contribution < -0.4 is 0 Å². The average Bonchev–Trinajstić information content (AvgIpc) is 3.94. The van der Waals surface area contributed by atoms with Crippen molar-refractivity contribution in [3.05, 3.63) is 134 Å². The molecule has 0 bridgehead atoms. The van der Waals surface area contributed by atoms with Crippen LogP contribution in [0.25, 0.3) is 56.3 Å². The lowest BCUT2D eigenvalue weighted by Crippen LogP contribution is -1.91. The molecule has 0 spiro atoms. The van der Waals surface area contributed by atoms with Crippen LogP contribution in [-0.2, 0) is 22.8 Å². The Morgan fingerprint density at radius 2 is 1.10 bits per heavy atom. The van der Waals surface area contributed by atoms with E-state index in [1.807, 2.05) is 108 Å². The van der Waals surface area contributed by atoms with Crippen LogP contribution in [-0.4, -0.2) is 42.9 Å². The number of fused-ring (bicyclic) bond motifs is 2. The summed E-state index contributed by atoms with van der Waals surface area (Å²) in [5.74, 6) is 1.44. The molecule has 0 aliphatic carbocycles. The molecule has 0 aliphatic heterocycles. The third-order valence-corrected chi connectivity index (χ3v) is 7.37. The number of nitrogens with zero attached hydrogens (tertiary/aromatic N) is 6. The first-order valence-electron chi connectivity index (χ1n) is 14.3. The monoisotopic (exact) mass is 699 g/mol. The zero-order valence-electron chi connectivity index (χ0n) is 24.9. The number of alkyl halides is 1. The minimum absolute atomic E-state index is 0.122. The minimum Gasteiger partial charge on any atom is -0.760 e. The van der Waals surface area contributed by atoms with Crippen LogP contribution in [0.3, 0.4) is 0 Å². The normalized spacial score (nSPS) is 11.5. The third-order valence-electron chi connectivity index (χ3n) is 7.09. The summed E-state index contributed by atoms with van der Waals surface area (Å²) in [6.45, 7) is -0.122. The van der Waals surface area contributed by atoms with Gasteiger partial charge in [0.1, 0.15) is 30.9 Å². The Labute approximate surface area is 285 Å². The highest BCUT2D eigenvalue weighted by molar-refractivity contribution is 8.03. The zero-order valence-corrected chi connectivity index (χ0v) is 27.2. The van der Waals surface area contributed by atoms with E-state index in [1.54, 1.807) is 6.26 Å². The van der Waals surface area contributed by atoms with Crippen LogP contribution in [0, 0.1) is 0 Å². The Balaban J connectivity index is 0.000000151. The maximum atomic E-state index is 9.03. The molecule has 1 unspecified atom stereocenters. The van der Waals surface area contributed by atoms with Crippen LogP contribution in [0.2, 0.25) is 0 Å². The molecule has 0 saturated heterocycles. The second-order valence-corrected chi connectivity index (χ2v) is 11.5. The number of rotatable bonds is 6. The number of halogens is 2. The first-order valence-corrected chi connectivity index (χ1v) is 16.7. The number of aliphatic hydroxyl groups excluding tert-OH is 1. The maximum absolute atomic E-state index is 9.03. The summed E-state index contributed by atoms with van der Waals surface area (Å²) in [7, 11) is 1.80. The molecule has 0 aliphatic rings. The van der Waals surface area contributed by atoms with Gasteiger partial charge >= 0.3 is 0 Å². The molecule has 48 heavy (non-hydrogen) atoms. The maximum Gasteiger partial charge on any atom is 0.226 e. The van der Waals surface area contributed by atoms with Gasteiger partial charge in [0.2, 0.25) is 11.8 Å². The van der Waals surface area contributed by atoms with Crippen molar-refractivity contribution in [1.29, 1.82) is 0 Å². The van der Waals surface area contributed by atoms with E-state index in [0.717, 1.165) is 50.3 Å². The number of hydrogen-bond donors (Lipinski definition) is 1. The van der Waals surface area contributed by atoms with Crippen molar-refractivity contribution in [1.82, 2.24) is 29.1 Å². The van der Waals surface area contributed by atoms with E-state index in [1.165, 1.54) is 6.26 Å². The fourth-order valence-electron chi connectivity index (χ4n) is 4.87. The summed E-state index contributed by atoms with van der Waals surface area (Å²) in [5, 5.41) is 9.03. The van der Waals surface area contributed by atoms with E-state index >= 15 is 0 Å². The minimum atomic E-state index is -2.39. The van der Waals surface area contributed by atoms with Crippen LogP contribution in [0.5, 0.6) is 0 Å². The Hall–Kier alpha value is -5.11. The van der Waals surface area contributed by atoms with Gasteiger partial charge in [0, 0.05) is 32.8 Å². The summed E-state index contributed by atoms with van der Waals surface area (Å²) in [6, 6.07) is 31.9. The number of oxazole rings is 2. The summed E-state index contributed by atoms with van der Waals surface area (Å²) in [6.07, 6.45) is 6.69. The first-order chi connectivity index (χ1) is 23.4. The first kappa shape index (κ1) is 32.8. The number of benzene rings is 4. The molecule has 0 amide bonds. The van der Waals surface area contributed by atoms with Crippen molar-refractivity contribution < 1.29 is 22.7 Å². The number of hydrogen-bond acceptors (Lipinski definition) is 9. The van der Waals surface area contributed by atoms with Crippen molar-refractivity contribution in [3.8, 4) is 34.3 Å². The summed E-state index contributed by atoms with van der Waals surface area (Å²) >= 11 is 5.74. The van der Waals surface area contributed by atoms with E-state index in [0.29, 0.717) is 23.4 Å². The molecule has 242 valence electrons. The average molecular weight is 701 g/mol. The highest BCUT2D eigenvalue weighted by atomic mass is 35.7. The summed E-state index contributed by atoms with van der Waals surface area (Å²) in [4.78, 5) is 17.3. The van der Waals surface area contributed by atoms with E-state index in [4.69, 9.17) is 34.3 Å². The lowest BCUT2D eigenvalue weighted by molar-refractivity contribution is 0.276. The number of imidazole rings is 2. The Bertz CT molecular complexity index is 2120. The van der Waals surface area contributed by atoms with E-state index in [9.17, 15) is 0 Å². The van der Waals surface area contributed by atoms with Crippen molar-refractivity contribution >= 4 is 54.6 Å². The van der Waals surface area contributed by atoms with Crippen LogP contribution in [0.15, 0.2) is 131 Å².